The van der Waals surface area contributed by atoms with Gasteiger partial charge >= 0.3 is 0 Å². The molecule has 1 aromatic rings. The van der Waals surface area contributed by atoms with Gasteiger partial charge in [-0.3, -0.25) is 0 Å². The first-order valence-electron chi connectivity index (χ1n) is 3.79. The number of nitrogens with zero attached hydrogens (tertiary/aromatic N) is 2. The van der Waals surface area contributed by atoms with E-state index in [1.54, 1.807) is 7.11 Å². The lowest BCUT2D eigenvalue weighted by molar-refractivity contribution is 0.155. The average Bonchev–Trinajstić information content (AvgIpc) is 2.36. The van der Waals surface area contributed by atoms with Crippen molar-refractivity contribution in [1.29, 1.82) is 0 Å². The molecule has 1 atom stereocenters. The van der Waals surface area contributed by atoms with Gasteiger partial charge in [0.05, 0.1) is 0 Å². The molecule has 0 saturated heterocycles. The first-order chi connectivity index (χ1) is 5.72. The summed E-state index contributed by atoms with van der Waals surface area (Å²) in [6, 6.07) is 0. The number of rotatable bonds is 4. The Kier molecular flexibility index (Phi) is 3.04. The van der Waals surface area contributed by atoms with Crippen LogP contribution in [-0.2, 0) is 11.2 Å². The predicted octanol–water partition coefficient (Wildman–Crippen LogP) is 0.477. The fourth-order valence-corrected chi connectivity index (χ4v) is 0.992. The summed E-state index contributed by atoms with van der Waals surface area (Å²) in [5.41, 5.74) is 5.28. The summed E-state index contributed by atoms with van der Waals surface area (Å²) >= 11 is 0. The van der Waals surface area contributed by atoms with E-state index >= 15 is 0 Å². The van der Waals surface area contributed by atoms with Crippen molar-refractivity contribution < 1.29 is 9.26 Å². The Morgan fingerprint density at radius 3 is 2.92 bits per heavy atom. The largest absolute Gasteiger partial charge is 0.384 e. The molecule has 5 heteroatoms. The van der Waals surface area contributed by atoms with Gasteiger partial charge in [0.1, 0.15) is 0 Å². The minimum absolute atomic E-state index is 0.189. The van der Waals surface area contributed by atoms with Crippen LogP contribution < -0.4 is 5.73 Å². The molecule has 0 aromatic carbocycles. The van der Waals surface area contributed by atoms with E-state index in [0.29, 0.717) is 24.8 Å². The number of aromatic nitrogens is 2. The van der Waals surface area contributed by atoms with Gasteiger partial charge < -0.3 is 15.0 Å². The van der Waals surface area contributed by atoms with Gasteiger partial charge in [0.25, 0.3) is 5.95 Å². The first kappa shape index (κ1) is 8.99. The zero-order valence-electron chi connectivity index (χ0n) is 7.28. The maximum absolute atomic E-state index is 5.28. The lowest BCUT2D eigenvalue weighted by Crippen LogP contribution is -2.07. The molecule has 0 bridgehead atoms. The van der Waals surface area contributed by atoms with Crippen LogP contribution in [0.4, 0.5) is 5.95 Å². The second kappa shape index (κ2) is 4.06. The lowest BCUT2D eigenvalue weighted by Gasteiger charge is -2.05. The SMILES string of the molecule is COCC(C)Cc1nc(N)no1. The molecule has 0 fully saturated rings. The second-order valence-electron chi connectivity index (χ2n) is 2.81. The van der Waals surface area contributed by atoms with Crippen molar-refractivity contribution in [3.8, 4) is 0 Å². The molecule has 0 spiro atoms. The monoisotopic (exact) mass is 171 g/mol. The molecule has 5 nitrogen and oxygen atoms in total. The zero-order chi connectivity index (χ0) is 8.97. The molecule has 0 aliphatic heterocycles. The van der Waals surface area contributed by atoms with Crippen molar-refractivity contribution in [2.75, 3.05) is 19.5 Å². The highest BCUT2D eigenvalue weighted by molar-refractivity contribution is 5.10. The van der Waals surface area contributed by atoms with Crippen LogP contribution in [0.2, 0.25) is 0 Å². The van der Waals surface area contributed by atoms with Gasteiger partial charge in [0, 0.05) is 20.1 Å². The van der Waals surface area contributed by atoms with Gasteiger partial charge in [-0.25, -0.2) is 0 Å². The molecule has 1 rings (SSSR count). The number of anilines is 1. The molecule has 1 unspecified atom stereocenters. The molecule has 68 valence electrons. The van der Waals surface area contributed by atoms with E-state index in [1.165, 1.54) is 0 Å². The van der Waals surface area contributed by atoms with E-state index in [-0.39, 0.29) is 5.95 Å². The third-order valence-electron chi connectivity index (χ3n) is 1.46. The summed E-state index contributed by atoms with van der Waals surface area (Å²) in [7, 11) is 1.67. The van der Waals surface area contributed by atoms with Crippen molar-refractivity contribution in [1.82, 2.24) is 10.1 Å². The van der Waals surface area contributed by atoms with E-state index in [2.05, 4.69) is 10.1 Å². The van der Waals surface area contributed by atoms with Gasteiger partial charge in [-0.2, -0.15) is 4.98 Å². The van der Waals surface area contributed by atoms with Gasteiger partial charge in [-0.05, 0) is 11.1 Å². The van der Waals surface area contributed by atoms with Gasteiger partial charge in [-0.1, -0.05) is 6.92 Å². The van der Waals surface area contributed by atoms with Crippen LogP contribution in [0, 0.1) is 5.92 Å². The molecule has 1 aromatic heterocycles. The average molecular weight is 171 g/mol. The number of hydrogen-bond donors (Lipinski definition) is 1. The van der Waals surface area contributed by atoms with Crippen LogP contribution in [-0.4, -0.2) is 23.9 Å². The maximum atomic E-state index is 5.28. The zero-order valence-corrected chi connectivity index (χ0v) is 7.28. The maximum Gasteiger partial charge on any atom is 0.260 e. The van der Waals surface area contributed by atoms with Crippen molar-refractivity contribution in [3.63, 3.8) is 0 Å². The molecular weight excluding hydrogens is 158 g/mol. The first-order valence-corrected chi connectivity index (χ1v) is 3.79. The number of nitrogen functional groups attached to an aromatic ring is 1. The third kappa shape index (κ3) is 2.50. The fourth-order valence-electron chi connectivity index (χ4n) is 0.992. The highest BCUT2D eigenvalue weighted by Crippen LogP contribution is 2.06. The number of ether oxygens (including phenoxy) is 1. The molecule has 1 heterocycles. The van der Waals surface area contributed by atoms with Gasteiger partial charge in [0.2, 0.25) is 5.89 Å². The second-order valence-corrected chi connectivity index (χ2v) is 2.81. The van der Waals surface area contributed by atoms with Crippen LogP contribution in [0.3, 0.4) is 0 Å². The fraction of sp³-hybridized carbons (Fsp3) is 0.714. The summed E-state index contributed by atoms with van der Waals surface area (Å²) in [6.07, 6.45) is 0.706. The van der Waals surface area contributed by atoms with E-state index in [4.69, 9.17) is 15.0 Å². The van der Waals surface area contributed by atoms with E-state index < -0.39 is 0 Å². The van der Waals surface area contributed by atoms with E-state index in [0.717, 1.165) is 0 Å². The molecule has 0 amide bonds. The van der Waals surface area contributed by atoms with Crippen LogP contribution in [0.5, 0.6) is 0 Å². The number of nitrogens with two attached hydrogens (primary N) is 1. The third-order valence-corrected chi connectivity index (χ3v) is 1.46. The predicted molar refractivity (Wildman–Crippen MR) is 43.5 cm³/mol. The van der Waals surface area contributed by atoms with Gasteiger partial charge in [0.15, 0.2) is 0 Å². The lowest BCUT2D eigenvalue weighted by atomic mass is 10.1. The van der Waals surface area contributed by atoms with Crippen molar-refractivity contribution in [3.05, 3.63) is 5.89 Å². The van der Waals surface area contributed by atoms with E-state index in [9.17, 15) is 0 Å². The molecule has 0 saturated carbocycles. The van der Waals surface area contributed by atoms with Crippen LogP contribution in [0.15, 0.2) is 4.52 Å². The van der Waals surface area contributed by atoms with Crippen molar-refractivity contribution in [2.24, 2.45) is 5.92 Å². The Hall–Kier alpha value is -1.10. The topological polar surface area (TPSA) is 74.2 Å². The summed E-state index contributed by atoms with van der Waals surface area (Å²) < 4.78 is 9.80. The smallest absolute Gasteiger partial charge is 0.260 e. The molecular formula is C7H13N3O2. The van der Waals surface area contributed by atoms with Crippen molar-refractivity contribution >= 4 is 5.95 Å². The normalized spacial score (nSPS) is 13.2. The summed E-state index contributed by atoms with van der Waals surface area (Å²) in [4.78, 5) is 3.88. The highest BCUT2D eigenvalue weighted by atomic mass is 16.5. The van der Waals surface area contributed by atoms with Crippen LogP contribution >= 0.6 is 0 Å². The highest BCUT2D eigenvalue weighted by Gasteiger charge is 2.08. The molecule has 0 aliphatic rings. The van der Waals surface area contributed by atoms with Crippen molar-refractivity contribution in [2.45, 2.75) is 13.3 Å². The molecule has 0 radical (unpaired) electrons. The molecule has 0 aliphatic carbocycles. The van der Waals surface area contributed by atoms with Crippen LogP contribution in [0.25, 0.3) is 0 Å². The Morgan fingerprint density at radius 1 is 1.67 bits per heavy atom. The Labute approximate surface area is 70.9 Å². The Balaban J connectivity index is 2.41. The Morgan fingerprint density at radius 2 is 2.42 bits per heavy atom. The number of methoxy groups -OCH3 is 1. The summed E-state index contributed by atoms with van der Waals surface area (Å²) in [6.45, 7) is 2.73. The minimum Gasteiger partial charge on any atom is -0.384 e. The standard InChI is InChI=1S/C7H13N3O2/c1-5(4-11-2)3-6-9-7(8)10-12-6/h5H,3-4H2,1-2H3,(H2,8,10). The molecule has 12 heavy (non-hydrogen) atoms. The van der Waals surface area contributed by atoms with E-state index in [1.807, 2.05) is 6.92 Å². The van der Waals surface area contributed by atoms with Gasteiger partial charge in [-0.15, -0.1) is 0 Å². The summed E-state index contributed by atoms with van der Waals surface area (Å²) in [5, 5.41) is 3.48. The van der Waals surface area contributed by atoms with Crippen LogP contribution in [0.1, 0.15) is 12.8 Å². The summed E-state index contributed by atoms with van der Waals surface area (Å²) in [5.74, 6) is 1.13. The quantitative estimate of drug-likeness (QED) is 0.713. The Bertz CT molecular complexity index is 236. The minimum atomic E-state index is 0.189. The molecule has 2 N–H and O–H groups in total. The number of hydrogen-bond acceptors (Lipinski definition) is 5.